The molecule has 0 aliphatic carbocycles. The molecule has 0 bridgehead atoms. The molecular weight excluding hydrogens is 257 g/mol. The van der Waals surface area contributed by atoms with Crippen LogP contribution in [-0.4, -0.2) is 24.6 Å². The topological polar surface area (TPSA) is 23.8 Å². The van der Waals surface area contributed by atoms with Gasteiger partial charge < -0.3 is 12.6 Å². The van der Waals surface area contributed by atoms with Crippen molar-refractivity contribution in [3.8, 4) is 5.40 Å². The molecule has 0 radical (unpaired) electrons. The summed E-state index contributed by atoms with van der Waals surface area (Å²) in [4.78, 5) is 0. The SMILES string of the molecule is CCCCCCCC[P+](CC)(CC)CC.N#C[S-]. The minimum Gasteiger partial charge on any atom is -0.696 e. The van der Waals surface area contributed by atoms with Crippen LogP contribution in [0.5, 0.6) is 0 Å². The van der Waals surface area contributed by atoms with Gasteiger partial charge in [-0.1, -0.05) is 38.0 Å². The summed E-state index contributed by atoms with van der Waals surface area (Å²) in [5.41, 5.74) is 0. The Hall–Kier alpha value is 0.140. The van der Waals surface area contributed by atoms with Gasteiger partial charge in [-0.05, 0) is 33.6 Å². The second-order valence-corrected chi connectivity index (χ2v) is 10.1. The molecule has 0 aliphatic rings. The van der Waals surface area contributed by atoms with Gasteiger partial charge in [0.1, 0.15) is 0 Å². The molecule has 0 unspecified atom stereocenters. The number of hydrogen-bond donors (Lipinski definition) is 0. The molecule has 0 heterocycles. The lowest BCUT2D eigenvalue weighted by Crippen LogP contribution is -2.07. The van der Waals surface area contributed by atoms with E-state index in [1.54, 1.807) is 6.16 Å². The second kappa shape index (κ2) is 15.2. The van der Waals surface area contributed by atoms with Crippen LogP contribution in [0, 0.1) is 10.7 Å². The van der Waals surface area contributed by atoms with Gasteiger partial charge in [0.15, 0.2) is 0 Å². The molecule has 108 valence electrons. The van der Waals surface area contributed by atoms with Crippen LogP contribution >= 0.6 is 7.26 Å². The van der Waals surface area contributed by atoms with Crippen LogP contribution in [0.1, 0.15) is 66.2 Å². The molecule has 18 heavy (non-hydrogen) atoms. The zero-order chi connectivity index (χ0) is 14.3. The minimum atomic E-state index is -0.494. The van der Waals surface area contributed by atoms with Gasteiger partial charge in [-0.2, -0.15) is 0 Å². The molecule has 0 spiro atoms. The standard InChI is InChI=1S/C14H32P.CHNS/c1-5-9-10-11-12-13-14-15(6-2,7-3)8-4;2-1-3/h5-14H2,1-4H3;3H/q+1;/p-1. The maximum Gasteiger partial charge on any atom is 0.0594 e. The summed E-state index contributed by atoms with van der Waals surface area (Å²) in [7, 11) is -0.494. The van der Waals surface area contributed by atoms with E-state index in [9.17, 15) is 0 Å². The highest BCUT2D eigenvalue weighted by atomic mass is 32.1. The quantitative estimate of drug-likeness (QED) is 0.231. The fraction of sp³-hybridized carbons (Fsp3) is 0.933. The Morgan fingerprint density at radius 3 is 1.61 bits per heavy atom. The molecule has 0 saturated carbocycles. The molecule has 0 rings (SSSR count). The lowest BCUT2D eigenvalue weighted by Gasteiger charge is -2.23. The van der Waals surface area contributed by atoms with Gasteiger partial charge in [-0.15, -0.1) is 0 Å². The Labute approximate surface area is 121 Å². The summed E-state index contributed by atoms with van der Waals surface area (Å²) in [5.74, 6) is 0. The first-order valence-corrected chi connectivity index (χ1v) is 10.5. The van der Waals surface area contributed by atoms with E-state index in [2.05, 4.69) is 40.3 Å². The van der Waals surface area contributed by atoms with E-state index in [4.69, 9.17) is 5.26 Å². The van der Waals surface area contributed by atoms with Crippen LogP contribution in [0.2, 0.25) is 0 Å². The van der Waals surface area contributed by atoms with Gasteiger partial charge in [0.05, 0.1) is 24.6 Å². The minimum absolute atomic E-state index is 0.494. The smallest absolute Gasteiger partial charge is 0.0594 e. The maximum atomic E-state index is 7.13. The average molecular weight is 289 g/mol. The normalized spacial score (nSPS) is 10.4. The predicted molar refractivity (Wildman–Crippen MR) is 89.8 cm³/mol. The van der Waals surface area contributed by atoms with Crippen molar-refractivity contribution in [3.05, 3.63) is 0 Å². The molecule has 0 amide bonds. The molecule has 0 aromatic carbocycles. The van der Waals surface area contributed by atoms with E-state index in [0.717, 1.165) is 0 Å². The maximum absolute atomic E-state index is 7.13. The summed E-state index contributed by atoms with van der Waals surface area (Å²) in [5, 5.41) is 8.47. The Balaban J connectivity index is 0. The van der Waals surface area contributed by atoms with Gasteiger partial charge >= 0.3 is 0 Å². The zero-order valence-corrected chi connectivity index (χ0v) is 14.6. The summed E-state index contributed by atoms with van der Waals surface area (Å²) in [6.07, 6.45) is 14.8. The Morgan fingerprint density at radius 1 is 0.833 bits per heavy atom. The van der Waals surface area contributed by atoms with E-state index in [1.807, 2.05) is 0 Å². The molecule has 0 aliphatic heterocycles. The number of hydrogen-bond acceptors (Lipinski definition) is 2. The molecule has 1 nitrogen and oxygen atoms in total. The largest absolute Gasteiger partial charge is 0.696 e. The molecule has 0 fully saturated rings. The van der Waals surface area contributed by atoms with Crippen LogP contribution in [0.15, 0.2) is 0 Å². The van der Waals surface area contributed by atoms with Crippen molar-refractivity contribution in [3.63, 3.8) is 0 Å². The number of rotatable bonds is 10. The summed E-state index contributed by atoms with van der Waals surface area (Å²) < 4.78 is 0. The van der Waals surface area contributed by atoms with Gasteiger partial charge in [0.25, 0.3) is 0 Å². The average Bonchev–Trinajstić information content (AvgIpc) is 2.40. The highest BCUT2D eigenvalue weighted by molar-refractivity contribution is 7.75. The van der Waals surface area contributed by atoms with Crippen molar-refractivity contribution in [1.29, 1.82) is 5.26 Å². The fourth-order valence-corrected chi connectivity index (χ4v) is 5.56. The van der Waals surface area contributed by atoms with Gasteiger partial charge in [0.2, 0.25) is 0 Å². The third-order valence-electron chi connectivity index (χ3n) is 4.00. The molecule has 0 aromatic heterocycles. The highest BCUT2D eigenvalue weighted by Crippen LogP contribution is 2.58. The van der Waals surface area contributed by atoms with E-state index in [0.29, 0.717) is 0 Å². The zero-order valence-electron chi connectivity index (χ0n) is 12.9. The van der Waals surface area contributed by atoms with Crippen LogP contribution in [0.4, 0.5) is 0 Å². The number of nitrogens with zero attached hydrogens (tertiary/aromatic N) is 1. The van der Waals surface area contributed by atoms with Crippen molar-refractivity contribution < 1.29 is 0 Å². The third-order valence-corrected chi connectivity index (χ3v) is 9.29. The molecule has 0 N–H and O–H groups in total. The number of nitriles is 1. The predicted octanol–water partition coefficient (Wildman–Crippen LogP) is 5.44. The van der Waals surface area contributed by atoms with Gasteiger partial charge in [-0.25, -0.2) is 5.26 Å². The molecule has 0 atom stereocenters. The van der Waals surface area contributed by atoms with Gasteiger partial charge in [-0.3, -0.25) is 0 Å². The second-order valence-electron chi connectivity index (χ2n) is 4.87. The van der Waals surface area contributed by atoms with Crippen molar-refractivity contribution in [2.45, 2.75) is 66.2 Å². The first kappa shape index (κ1) is 20.5. The molecule has 0 aromatic rings. The van der Waals surface area contributed by atoms with Crippen LogP contribution in [0.25, 0.3) is 0 Å². The molecular formula is C15H32NPS. The van der Waals surface area contributed by atoms with Crippen LogP contribution in [-0.2, 0) is 12.6 Å². The summed E-state index contributed by atoms with van der Waals surface area (Å²) in [6.45, 7) is 9.54. The lowest BCUT2D eigenvalue weighted by molar-refractivity contribution is 0.625. The number of thiocyanates is 1. The van der Waals surface area contributed by atoms with Gasteiger partial charge in [0, 0.05) is 7.26 Å². The third kappa shape index (κ3) is 11.2. The number of unbranched alkanes of at least 4 members (excludes halogenated alkanes) is 5. The van der Waals surface area contributed by atoms with E-state index < -0.39 is 7.26 Å². The van der Waals surface area contributed by atoms with Crippen molar-refractivity contribution in [2.75, 3.05) is 24.6 Å². The summed E-state index contributed by atoms with van der Waals surface area (Å²) >= 11 is 3.70. The van der Waals surface area contributed by atoms with Crippen molar-refractivity contribution in [1.82, 2.24) is 0 Å². The fourth-order valence-electron chi connectivity index (χ4n) is 2.37. The first-order chi connectivity index (χ1) is 8.66. The van der Waals surface area contributed by atoms with E-state index in [1.165, 1.54) is 62.4 Å². The Kier molecular flexibility index (Phi) is 17.3. The Morgan fingerprint density at radius 2 is 1.22 bits per heavy atom. The Bertz CT molecular complexity index is 189. The molecule has 0 saturated heterocycles. The van der Waals surface area contributed by atoms with Crippen LogP contribution < -0.4 is 0 Å². The summed E-state index contributed by atoms with van der Waals surface area (Å²) in [6, 6.07) is 0. The van der Waals surface area contributed by atoms with Crippen molar-refractivity contribution in [2.24, 2.45) is 0 Å². The molecule has 3 heteroatoms. The first-order valence-electron chi connectivity index (χ1n) is 7.52. The van der Waals surface area contributed by atoms with E-state index in [-0.39, 0.29) is 0 Å². The monoisotopic (exact) mass is 289 g/mol. The van der Waals surface area contributed by atoms with Crippen LogP contribution in [0.3, 0.4) is 0 Å². The van der Waals surface area contributed by atoms with Crippen molar-refractivity contribution >= 4 is 19.9 Å². The van der Waals surface area contributed by atoms with E-state index >= 15 is 0 Å². The lowest BCUT2D eigenvalue weighted by atomic mass is 10.1. The highest BCUT2D eigenvalue weighted by Gasteiger charge is 2.29.